The number of carbonyl (C=O) groups is 1. The fraction of sp³-hybridized carbons (Fsp3) is 0.200. The van der Waals surface area contributed by atoms with Crippen molar-refractivity contribution in [2.75, 3.05) is 13.7 Å². The molecule has 14 heavy (non-hydrogen) atoms. The number of cyclic esters (lactones) is 1. The van der Waals surface area contributed by atoms with Crippen LogP contribution in [0.25, 0.3) is 0 Å². The maximum Gasteiger partial charge on any atom is 0.434 e. The lowest BCUT2D eigenvalue weighted by Crippen LogP contribution is -2.02. The summed E-state index contributed by atoms with van der Waals surface area (Å²) in [6.07, 6.45) is -0.525. The van der Waals surface area contributed by atoms with Gasteiger partial charge < -0.3 is 9.47 Å². The molecule has 4 heteroatoms. The van der Waals surface area contributed by atoms with E-state index in [1.54, 1.807) is 7.11 Å². The highest BCUT2D eigenvalue weighted by molar-refractivity contribution is 6.09. The van der Waals surface area contributed by atoms with Gasteiger partial charge in [0.2, 0.25) is 0 Å². The molecule has 0 saturated carbocycles. The first-order chi connectivity index (χ1) is 6.79. The number of hydrogen-bond acceptors (Lipinski definition) is 3. The Labute approximate surface area is 81.2 Å². The number of benzene rings is 1. The fourth-order valence-electron chi connectivity index (χ4n) is 1.26. The lowest BCUT2D eigenvalue weighted by Gasteiger charge is -2.02. The number of hydrogen-bond donors (Lipinski definition) is 0. The van der Waals surface area contributed by atoms with Crippen molar-refractivity contribution in [3.05, 3.63) is 29.8 Å². The lowest BCUT2D eigenvalue weighted by atomic mass is 10.1. The molecule has 1 aliphatic heterocycles. The molecule has 0 bridgehead atoms. The predicted octanol–water partition coefficient (Wildman–Crippen LogP) is 1.63. The number of nitrogens with zero attached hydrogens (tertiary/aromatic N) is 1. The molecule has 1 aromatic rings. The number of methoxy groups -OCH3 is 1. The van der Waals surface area contributed by atoms with Gasteiger partial charge in [-0.2, -0.15) is 4.99 Å². The summed E-state index contributed by atoms with van der Waals surface area (Å²) in [6.45, 7) is 0.242. The first-order valence-corrected chi connectivity index (χ1v) is 4.18. The average molecular weight is 191 g/mol. The quantitative estimate of drug-likeness (QED) is 0.713. The standard InChI is InChI=1S/C10H9NO3/c1-13-8-4-2-3-7(5-8)9-6-14-10(12)11-9/h2-5H,6H2,1H3. The summed E-state index contributed by atoms with van der Waals surface area (Å²) in [5.41, 5.74) is 1.50. The molecular formula is C10H9NO3. The number of carbonyl (C=O) groups excluding carboxylic acids is 1. The molecule has 4 nitrogen and oxygen atoms in total. The minimum absolute atomic E-state index is 0.242. The van der Waals surface area contributed by atoms with Crippen LogP contribution in [0.4, 0.5) is 4.79 Å². The molecule has 0 aliphatic carbocycles. The van der Waals surface area contributed by atoms with E-state index < -0.39 is 6.09 Å². The molecule has 0 aromatic heterocycles. The van der Waals surface area contributed by atoms with E-state index in [0.29, 0.717) is 5.71 Å². The van der Waals surface area contributed by atoms with Gasteiger partial charge in [-0.25, -0.2) is 4.79 Å². The maximum atomic E-state index is 10.7. The summed E-state index contributed by atoms with van der Waals surface area (Å²) in [6, 6.07) is 7.37. The Hall–Kier alpha value is -1.84. The van der Waals surface area contributed by atoms with Gasteiger partial charge in [0.1, 0.15) is 12.4 Å². The Balaban J connectivity index is 2.32. The molecule has 1 aliphatic rings. The van der Waals surface area contributed by atoms with Crippen LogP contribution >= 0.6 is 0 Å². The third-order valence-corrected chi connectivity index (χ3v) is 1.96. The Bertz CT molecular complexity index is 398. The molecule has 0 unspecified atom stereocenters. The third-order valence-electron chi connectivity index (χ3n) is 1.96. The Morgan fingerprint density at radius 2 is 2.36 bits per heavy atom. The molecule has 0 radical (unpaired) electrons. The third kappa shape index (κ3) is 1.59. The summed E-state index contributed by atoms with van der Waals surface area (Å²) in [7, 11) is 1.59. The second kappa shape index (κ2) is 3.49. The summed E-state index contributed by atoms with van der Waals surface area (Å²) < 4.78 is 9.77. The van der Waals surface area contributed by atoms with Gasteiger partial charge in [0.05, 0.1) is 12.8 Å². The van der Waals surface area contributed by atoms with E-state index in [1.807, 2.05) is 24.3 Å². The Morgan fingerprint density at radius 3 is 3.00 bits per heavy atom. The van der Waals surface area contributed by atoms with E-state index in [9.17, 15) is 4.79 Å². The van der Waals surface area contributed by atoms with E-state index in [1.165, 1.54) is 0 Å². The molecule has 72 valence electrons. The first kappa shape index (κ1) is 8.74. The van der Waals surface area contributed by atoms with Crippen molar-refractivity contribution in [3.8, 4) is 5.75 Å². The van der Waals surface area contributed by atoms with Gasteiger partial charge in [-0.1, -0.05) is 12.1 Å². The van der Waals surface area contributed by atoms with Crippen molar-refractivity contribution in [2.45, 2.75) is 0 Å². The molecule has 0 saturated heterocycles. The van der Waals surface area contributed by atoms with Crippen molar-refractivity contribution in [1.82, 2.24) is 0 Å². The lowest BCUT2D eigenvalue weighted by molar-refractivity contribution is 0.181. The van der Waals surface area contributed by atoms with E-state index >= 15 is 0 Å². The van der Waals surface area contributed by atoms with Crippen LogP contribution < -0.4 is 4.74 Å². The minimum Gasteiger partial charge on any atom is -0.497 e. The zero-order valence-electron chi connectivity index (χ0n) is 7.69. The summed E-state index contributed by atoms with van der Waals surface area (Å²) in [4.78, 5) is 14.5. The molecule has 0 atom stereocenters. The topological polar surface area (TPSA) is 47.9 Å². The molecule has 0 spiro atoms. The SMILES string of the molecule is COc1cccc(C2=NC(=O)OC2)c1. The number of aliphatic imine (C=N–C) groups is 1. The molecule has 0 N–H and O–H groups in total. The van der Waals surface area contributed by atoms with Crippen LogP contribution in [0.15, 0.2) is 29.3 Å². The highest BCUT2D eigenvalue weighted by Crippen LogP contribution is 2.15. The smallest absolute Gasteiger partial charge is 0.434 e. The van der Waals surface area contributed by atoms with Crippen LogP contribution in [0.3, 0.4) is 0 Å². The van der Waals surface area contributed by atoms with Crippen LogP contribution in [-0.2, 0) is 4.74 Å². The van der Waals surface area contributed by atoms with Crippen molar-refractivity contribution in [1.29, 1.82) is 0 Å². The van der Waals surface area contributed by atoms with Crippen LogP contribution in [-0.4, -0.2) is 25.5 Å². The van der Waals surface area contributed by atoms with Gasteiger partial charge in [0.15, 0.2) is 0 Å². The molecule has 0 fully saturated rings. The second-order valence-corrected chi connectivity index (χ2v) is 2.85. The number of ether oxygens (including phenoxy) is 2. The predicted molar refractivity (Wildman–Crippen MR) is 50.9 cm³/mol. The average Bonchev–Trinajstić information content (AvgIpc) is 2.65. The van der Waals surface area contributed by atoms with E-state index in [4.69, 9.17) is 9.47 Å². The molecule has 1 amide bonds. The highest BCUT2D eigenvalue weighted by atomic mass is 16.6. The van der Waals surface area contributed by atoms with E-state index in [-0.39, 0.29) is 6.61 Å². The van der Waals surface area contributed by atoms with Crippen LogP contribution in [0, 0.1) is 0 Å². The van der Waals surface area contributed by atoms with Crippen LogP contribution in [0.1, 0.15) is 5.56 Å². The van der Waals surface area contributed by atoms with Crippen molar-refractivity contribution in [2.24, 2.45) is 4.99 Å². The first-order valence-electron chi connectivity index (χ1n) is 4.18. The van der Waals surface area contributed by atoms with Crippen molar-refractivity contribution < 1.29 is 14.3 Å². The van der Waals surface area contributed by atoms with Gasteiger partial charge in [0, 0.05) is 5.56 Å². The maximum absolute atomic E-state index is 10.7. The van der Waals surface area contributed by atoms with Crippen LogP contribution in [0.5, 0.6) is 5.75 Å². The van der Waals surface area contributed by atoms with Crippen LogP contribution in [0.2, 0.25) is 0 Å². The van der Waals surface area contributed by atoms with Gasteiger partial charge in [-0.05, 0) is 12.1 Å². The summed E-state index contributed by atoms with van der Waals surface area (Å²) >= 11 is 0. The number of rotatable bonds is 2. The molecule has 2 rings (SSSR count). The van der Waals surface area contributed by atoms with Crippen molar-refractivity contribution >= 4 is 11.8 Å². The zero-order valence-corrected chi connectivity index (χ0v) is 7.69. The number of amides is 1. The normalized spacial score (nSPS) is 14.9. The molecular weight excluding hydrogens is 182 g/mol. The van der Waals surface area contributed by atoms with Gasteiger partial charge in [0.25, 0.3) is 0 Å². The summed E-state index contributed by atoms with van der Waals surface area (Å²) in [5.74, 6) is 0.740. The molecule has 1 aromatic carbocycles. The largest absolute Gasteiger partial charge is 0.497 e. The van der Waals surface area contributed by atoms with E-state index in [2.05, 4.69) is 4.99 Å². The zero-order chi connectivity index (χ0) is 9.97. The van der Waals surface area contributed by atoms with E-state index in [0.717, 1.165) is 11.3 Å². The Kier molecular flexibility index (Phi) is 2.18. The Morgan fingerprint density at radius 1 is 1.50 bits per heavy atom. The minimum atomic E-state index is -0.525. The second-order valence-electron chi connectivity index (χ2n) is 2.85. The van der Waals surface area contributed by atoms with Gasteiger partial charge >= 0.3 is 6.09 Å². The van der Waals surface area contributed by atoms with Gasteiger partial charge in [-0.3, -0.25) is 0 Å². The highest BCUT2D eigenvalue weighted by Gasteiger charge is 2.16. The van der Waals surface area contributed by atoms with Crippen molar-refractivity contribution in [3.63, 3.8) is 0 Å². The monoisotopic (exact) mass is 191 g/mol. The fourth-order valence-corrected chi connectivity index (χ4v) is 1.26. The molecule has 1 heterocycles. The summed E-state index contributed by atoms with van der Waals surface area (Å²) in [5, 5.41) is 0. The van der Waals surface area contributed by atoms with Gasteiger partial charge in [-0.15, -0.1) is 0 Å².